The SMILES string of the molecule is Cc1cc(F)ccc1C1CN(C(=O)CCS(C)(=O)=O)CCC1C(=O)N(C)Cc1cc(C(F)(F)F)cc(C(F)(F)F)c1. The summed E-state index contributed by atoms with van der Waals surface area (Å²) in [6, 6.07) is 5.01. The van der Waals surface area contributed by atoms with Crippen LogP contribution in [0, 0.1) is 18.7 Å². The van der Waals surface area contributed by atoms with Crippen LogP contribution in [0.3, 0.4) is 0 Å². The zero-order valence-corrected chi connectivity index (χ0v) is 23.3. The number of carbonyl (C=O) groups excluding carboxylic acids is 2. The summed E-state index contributed by atoms with van der Waals surface area (Å²) in [4.78, 5) is 28.8. The van der Waals surface area contributed by atoms with Gasteiger partial charge in [0.2, 0.25) is 11.8 Å². The fraction of sp³-hybridized carbons (Fsp3) is 0.481. The van der Waals surface area contributed by atoms with Gasteiger partial charge in [-0.3, -0.25) is 9.59 Å². The first-order valence-corrected chi connectivity index (χ1v) is 14.6. The molecule has 0 aliphatic carbocycles. The van der Waals surface area contributed by atoms with Crippen molar-refractivity contribution < 1.29 is 48.7 Å². The molecule has 2 aromatic rings. The Morgan fingerprint density at radius 3 is 2.10 bits per heavy atom. The first-order chi connectivity index (χ1) is 18.8. The Labute approximate surface area is 233 Å². The molecule has 2 aromatic carbocycles. The van der Waals surface area contributed by atoms with Crippen molar-refractivity contribution in [3.8, 4) is 0 Å². The van der Waals surface area contributed by atoms with Crippen LogP contribution in [0.5, 0.6) is 0 Å². The van der Waals surface area contributed by atoms with Crippen molar-refractivity contribution in [1.82, 2.24) is 9.80 Å². The van der Waals surface area contributed by atoms with Crippen LogP contribution in [0.15, 0.2) is 36.4 Å². The summed E-state index contributed by atoms with van der Waals surface area (Å²) < 4.78 is 117. The summed E-state index contributed by atoms with van der Waals surface area (Å²) in [5.74, 6) is -3.46. The lowest BCUT2D eigenvalue weighted by molar-refractivity contribution is -0.143. The van der Waals surface area contributed by atoms with E-state index in [1.807, 2.05) is 0 Å². The van der Waals surface area contributed by atoms with E-state index in [4.69, 9.17) is 0 Å². The summed E-state index contributed by atoms with van der Waals surface area (Å²) in [7, 11) is -2.16. The molecule has 0 N–H and O–H groups in total. The largest absolute Gasteiger partial charge is 0.416 e. The number of carbonyl (C=O) groups is 2. The molecular formula is C27H29F7N2O4S. The Balaban J connectivity index is 1.90. The molecule has 2 amide bonds. The molecule has 0 saturated carbocycles. The van der Waals surface area contributed by atoms with Gasteiger partial charge in [-0.25, -0.2) is 12.8 Å². The zero-order chi connectivity index (χ0) is 30.9. The minimum atomic E-state index is -5.04. The normalized spacial score (nSPS) is 18.3. The number of likely N-dealkylation sites (tertiary alicyclic amines) is 1. The average molecular weight is 611 g/mol. The van der Waals surface area contributed by atoms with E-state index < -0.39 is 69.3 Å². The maximum Gasteiger partial charge on any atom is 0.416 e. The van der Waals surface area contributed by atoms with Gasteiger partial charge in [0.05, 0.1) is 16.9 Å². The average Bonchev–Trinajstić information content (AvgIpc) is 2.85. The predicted molar refractivity (Wildman–Crippen MR) is 136 cm³/mol. The van der Waals surface area contributed by atoms with Crippen LogP contribution in [0.1, 0.15) is 46.6 Å². The third-order valence-electron chi connectivity index (χ3n) is 7.04. The highest BCUT2D eigenvalue weighted by atomic mass is 32.2. The van der Waals surface area contributed by atoms with E-state index >= 15 is 0 Å². The predicted octanol–water partition coefficient (Wildman–Crippen LogP) is 5.20. The summed E-state index contributed by atoms with van der Waals surface area (Å²) >= 11 is 0. The monoisotopic (exact) mass is 610 g/mol. The third-order valence-corrected chi connectivity index (χ3v) is 7.99. The number of amides is 2. The number of sulfone groups is 1. The van der Waals surface area contributed by atoms with Gasteiger partial charge in [0.25, 0.3) is 0 Å². The van der Waals surface area contributed by atoms with Gasteiger partial charge >= 0.3 is 12.4 Å². The molecule has 41 heavy (non-hydrogen) atoms. The number of halogens is 7. The smallest absolute Gasteiger partial charge is 0.342 e. The second kappa shape index (κ2) is 12.0. The second-order valence-electron chi connectivity index (χ2n) is 10.3. The molecule has 0 spiro atoms. The van der Waals surface area contributed by atoms with Crippen molar-refractivity contribution in [3.05, 3.63) is 70.0 Å². The maximum absolute atomic E-state index is 13.8. The van der Waals surface area contributed by atoms with Gasteiger partial charge in [0.1, 0.15) is 15.7 Å². The van der Waals surface area contributed by atoms with Gasteiger partial charge < -0.3 is 9.80 Å². The summed E-state index contributed by atoms with van der Waals surface area (Å²) in [5.41, 5.74) is -2.34. The molecule has 6 nitrogen and oxygen atoms in total. The highest BCUT2D eigenvalue weighted by Crippen LogP contribution is 2.38. The number of rotatable bonds is 7. The number of nitrogens with zero attached hydrogens (tertiary/aromatic N) is 2. The lowest BCUT2D eigenvalue weighted by Crippen LogP contribution is -2.48. The Bertz CT molecular complexity index is 1380. The van der Waals surface area contributed by atoms with Crippen molar-refractivity contribution in [1.29, 1.82) is 0 Å². The van der Waals surface area contributed by atoms with Crippen LogP contribution in [0.25, 0.3) is 0 Å². The molecule has 2 unspecified atom stereocenters. The lowest BCUT2D eigenvalue weighted by atomic mass is 9.78. The Kier molecular flexibility index (Phi) is 9.46. The highest BCUT2D eigenvalue weighted by Gasteiger charge is 2.40. The van der Waals surface area contributed by atoms with Crippen molar-refractivity contribution in [3.63, 3.8) is 0 Å². The van der Waals surface area contributed by atoms with E-state index in [0.29, 0.717) is 23.3 Å². The fourth-order valence-electron chi connectivity index (χ4n) is 5.02. The summed E-state index contributed by atoms with van der Waals surface area (Å²) in [6.07, 6.45) is -9.27. The number of piperidine rings is 1. The van der Waals surface area contributed by atoms with Crippen LogP contribution in [0.2, 0.25) is 0 Å². The quantitative estimate of drug-likeness (QED) is 0.405. The molecule has 0 aromatic heterocycles. The molecule has 0 radical (unpaired) electrons. The van der Waals surface area contributed by atoms with Crippen molar-refractivity contribution in [2.24, 2.45) is 5.92 Å². The Morgan fingerprint density at radius 1 is 1.00 bits per heavy atom. The van der Waals surface area contributed by atoms with Crippen molar-refractivity contribution in [2.45, 2.75) is 44.6 Å². The fourth-order valence-corrected chi connectivity index (χ4v) is 5.57. The van der Waals surface area contributed by atoms with E-state index in [9.17, 15) is 48.7 Å². The first-order valence-electron chi connectivity index (χ1n) is 12.5. The van der Waals surface area contributed by atoms with E-state index in [1.54, 1.807) is 6.92 Å². The van der Waals surface area contributed by atoms with Gasteiger partial charge in [-0.1, -0.05) is 6.07 Å². The molecule has 2 atom stereocenters. The zero-order valence-electron chi connectivity index (χ0n) is 22.4. The Morgan fingerprint density at radius 2 is 1.59 bits per heavy atom. The lowest BCUT2D eigenvalue weighted by Gasteiger charge is -2.40. The number of aryl methyl sites for hydroxylation is 1. The number of hydrogen-bond acceptors (Lipinski definition) is 4. The molecule has 3 rings (SSSR count). The topological polar surface area (TPSA) is 74.8 Å². The van der Waals surface area contributed by atoms with Crippen molar-refractivity contribution >= 4 is 21.7 Å². The van der Waals surface area contributed by atoms with Gasteiger partial charge in [0.15, 0.2) is 0 Å². The molecule has 226 valence electrons. The van der Waals surface area contributed by atoms with Crippen LogP contribution in [-0.4, -0.2) is 62.2 Å². The van der Waals surface area contributed by atoms with Crippen molar-refractivity contribution in [2.75, 3.05) is 32.1 Å². The van der Waals surface area contributed by atoms with Gasteiger partial charge in [-0.05, 0) is 60.4 Å². The minimum absolute atomic E-state index is 0.00910. The number of alkyl halides is 6. The highest BCUT2D eigenvalue weighted by molar-refractivity contribution is 7.90. The minimum Gasteiger partial charge on any atom is -0.342 e. The molecule has 1 aliphatic heterocycles. The Hall–Kier alpha value is -3.16. The van der Waals surface area contributed by atoms with E-state index in [2.05, 4.69) is 0 Å². The van der Waals surface area contributed by atoms with Gasteiger partial charge in [-0.15, -0.1) is 0 Å². The van der Waals surface area contributed by atoms with Gasteiger partial charge in [-0.2, -0.15) is 26.3 Å². The van der Waals surface area contributed by atoms with Gasteiger partial charge in [0, 0.05) is 51.2 Å². The summed E-state index contributed by atoms with van der Waals surface area (Å²) in [5, 5.41) is 0. The molecular weight excluding hydrogens is 581 g/mol. The van der Waals surface area contributed by atoms with E-state index in [-0.39, 0.29) is 43.3 Å². The van der Waals surface area contributed by atoms with Crippen LogP contribution >= 0.6 is 0 Å². The maximum atomic E-state index is 13.8. The van der Waals surface area contributed by atoms with Crippen LogP contribution < -0.4 is 0 Å². The first kappa shape index (κ1) is 32.4. The number of benzene rings is 2. The molecule has 1 heterocycles. The molecule has 1 saturated heterocycles. The number of hydrogen-bond donors (Lipinski definition) is 0. The molecule has 14 heteroatoms. The van der Waals surface area contributed by atoms with E-state index in [1.165, 1.54) is 30.1 Å². The molecule has 1 aliphatic rings. The molecule has 1 fully saturated rings. The van der Waals surface area contributed by atoms with Crippen LogP contribution in [-0.2, 0) is 38.3 Å². The second-order valence-corrected chi connectivity index (χ2v) is 12.6. The third kappa shape index (κ3) is 8.43. The van der Waals surface area contributed by atoms with E-state index in [0.717, 1.165) is 11.2 Å². The van der Waals surface area contributed by atoms with Crippen LogP contribution in [0.4, 0.5) is 30.7 Å². The summed E-state index contributed by atoms with van der Waals surface area (Å²) in [6.45, 7) is 1.12. The standard InChI is InChI=1S/C27H29F7N2O4S/c1-16-10-20(28)4-5-21(16)23-15-36(24(37)7-9-41(3,39)40)8-6-22(23)25(38)35(2)14-17-11-18(26(29,30)31)13-19(12-17)27(32,33)34/h4-5,10-13,22-23H,6-9,14-15H2,1-3H3. The molecule has 0 bridgehead atoms.